The molecule has 0 spiro atoms. The van der Waals surface area contributed by atoms with Crippen LogP contribution in [0.2, 0.25) is 0 Å². The van der Waals surface area contributed by atoms with Crippen molar-refractivity contribution in [2.45, 2.75) is 44.0 Å². The van der Waals surface area contributed by atoms with Gasteiger partial charge >= 0.3 is 0 Å². The molecule has 1 saturated carbocycles. The van der Waals surface area contributed by atoms with E-state index in [0.717, 1.165) is 47.7 Å². The van der Waals surface area contributed by atoms with E-state index in [0.29, 0.717) is 30.5 Å². The molecular weight excluding hydrogens is 523 g/mol. The standard InChI is InChI=1S/C26H31FN8O3S/c1-15-12-22(33-32-15)29-25-23(17-6-7-17)24(19-14-28-35(16(19)2)10-11-38-4)30-26(31-25)34(3)21-9-8-18(13-20(21)27)39(5,36)37/h8-9,12-14,17H,6-7,10-11H2,1-5H3,(H2,29,30,31,32,33). The molecule has 5 rings (SSSR count). The van der Waals surface area contributed by atoms with Crippen LogP contribution < -0.4 is 10.2 Å². The number of anilines is 4. The molecule has 0 atom stereocenters. The number of H-pyrrole nitrogens is 1. The maximum Gasteiger partial charge on any atom is 0.232 e. The second-order valence-corrected chi connectivity index (χ2v) is 11.8. The Morgan fingerprint density at radius 3 is 2.62 bits per heavy atom. The van der Waals surface area contributed by atoms with Crippen LogP contribution in [-0.4, -0.2) is 65.4 Å². The second kappa shape index (κ2) is 10.4. The van der Waals surface area contributed by atoms with Gasteiger partial charge in [0.15, 0.2) is 15.7 Å². The summed E-state index contributed by atoms with van der Waals surface area (Å²) in [5.74, 6) is 0.975. The summed E-state index contributed by atoms with van der Waals surface area (Å²) in [6, 6.07) is 5.68. The Bertz CT molecular complexity index is 1630. The highest BCUT2D eigenvalue weighted by atomic mass is 32.2. The number of benzene rings is 1. The number of hydrogen-bond acceptors (Lipinski definition) is 9. The zero-order valence-electron chi connectivity index (χ0n) is 22.5. The molecule has 0 bridgehead atoms. The Balaban J connectivity index is 1.66. The van der Waals surface area contributed by atoms with Crippen LogP contribution in [0.25, 0.3) is 11.3 Å². The molecule has 3 heterocycles. The molecule has 4 aromatic rings. The van der Waals surface area contributed by atoms with E-state index in [9.17, 15) is 8.42 Å². The molecule has 0 radical (unpaired) electrons. The zero-order chi connectivity index (χ0) is 27.9. The monoisotopic (exact) mass is 554 g/mol. The number of aryl methyl sites for hydroxylation is 1. The lowest BCUT2D eigenvalue weighted by Gasteiger charge is -2.22. The van der Waals surface area contributed by atoms with Crippen molar-refractivity contribution < 1.29 is 17.5 Å². The van der Waals surface area contributed by atoms with Gasteiger partial charge in [0.1, 0.15) is 11.6 Å². The van der Waals surface area contributed by atoms with E-state index in [1.807, 2.05) is 24.6 Å². The normalized spacial score (nSPS) is 13.6. The average Bonchev–Trinajstić information content (AvgIpc) is 3.54. The number of rotatable bonds is 10. The minimum absolute atomic E-state index is 0.0989. The quantitative estimate of drug-likeness (QED) is 0.295. The van der Waals surface area contributed by atoms with Gasteiger partial charge in [-0.05, 0) is 50.8 Å². The van der Waals surface area contributed by atoms with Crippen molar-refractivity contribution in [1.82, 2.24) is 29.9 Å². The molecule has 3 aromatic heterocycles. The Kier molecular flexibility index (Phi) is 7.12. The third kappa shape index (κ3) is 5.50. The molecule has 1 aliphatic carbocycles. The maximum atomic E-state index is 15.2. The lowest BCUT2D eigenvalue weighted by Crippen LogP contribution is -2.17. The molecule has 0 unspecified atom stereocenters. The minimum atomic E-state index is -3.56. The SMILES string of the molecule is COCCn1ncc(-c2nc(N(C)c3ccc(S(C)(=O)=O)cc3F)nc(Nc3cc(C)[nH]n3)c2C2CC2)c1C. The molecule has 2 N–H and O–H groups in total. The first-order chi connectivity index (χ1) is 18.6. The fraction of sp³-hybridized carbons (Fsp3) is 0.385. The number of sulfone groups is 1. The summed E-state index contributed by atoms with van der Waals surface area (Å²) in [5.41, 5.74) is 4.46. The number of halogens is 1. The van der Waals surface area contributed by atoms with Crippen molar-refractivity contribution in [2.75, 3.05) is 37.2 Å². The third-order valence-electron chi connectivity index (χ3n) is 6.75. The van der Waals surface area contributed by atoms with Crippen molar-refractivity contribution in [3.8, 4) is 11.3 Å². The largest absolute Gasteiger partial charge is 0.383 e. The molecule has 1 aliphatic rings. The topological polar surface area (TPSA) is 131 Å². The highest BCUT2D eigenvalue weighted by Crippen LogP contribution is 2.48. The van der Waals surface area contributed by atoms with Crippen molar-refractivity contribution in [1.29, 1.82) is 0 Å². The predicted octanol–water partition coefficient (Wildman–Crippen LogP) is 4.26. The van der Waals surface area contributed by atoms with E-state index in [4.69, 9.17) is 14.7 Å². The van der Waals surface area contributed by atoms with Crippen LogP contribution >= 0.6 is 0 Å². The summed E-state index contributed by atoms with van der Waals surface area (Å²) < 4.78 is 46.1. The molecule has 206 valence electrons. The Morgan fingerprint density at radius 2 is 2.00 bits per heavy atom. The summed E-state index contributed by atoms with van der Waals surface area (Å²) in [6.45, 7) is 5.00. The summed E-state index contributed by atoms with van der Waals surface area (Å²) in [7, 11) is -0.269. The van der Waals surface area contributed by atoms with Gasteiger partial charge in [-0.1, -0.05) is 0 Å². The Hall–Kier alpha value is -3.84. The van der Waals surface area contributed by atoms with Gasteiger partial charge in [-0.2, -0.15) is 15.2 Å². The van der Waals surface area contributed by atoms with Crippen molar-refractivity contribution in [3.63, 3.8) is 0 Å². The van der Waals surface area contributed by atoms with Crippen LogP contribution in [0.1, 0.15) is 35.7 Å². The number of nitrogens with one attached hydrogen (secondary N) is 2. The lowest BCUT2D eigenvalue weighted by atomic mass is 10.0. The summed E-state index contributed by atoms with van der Waals surface area (Å²) in [5, 5.41) is 15.1. The molecule has 11 nitrogen and oxygen atoms in total. The van der Waals surface area contributed by atoms with Crippen LogP contribution in [0.3, 0.4) is 0 Å². The molecule has 13 heteroatoms. The van der Waals surface area contributed by atoms with Crippen molar-refractivity contribution in [3.05, 3.63) is 53.2 Å². The van der Waals surface area contributed by atoms with Crippen LogP contribution in [0.15, 0.2) is 35.4 Å². The number of ether oxygens (including phenoxy) is 1. The van der Waals surface area contributed by atoms with Gasteiger partial charge in [0.2, 0.25) is 5.95 Å². The van der Waals surface area contributed by atoms with E-state index >= 15 is 4.39 Å². The highest BCUT2D eigenvalue weighted by molar-refractivity contribution is 7.90. The number of hydrogen-bond donors (Lipinski definition) is 2. The molecule has 39 heavy (non-hydrogen) atoms. The zero-order valence-corrected chi connectivity index (χ0v) is 23.3. The summed E-state index contributed by atoms with van der Waals surface area (Å²) in [4.78, 5) is 11.2. The van der Waals surface area contributed by atoms with Gasteiger partial charge < -0.3 is 15.0 Å². The lowest BCUT2D eigenvalue weighted by molar-refractivity contribution is 0.183. The van der Waals surface area contributed by atoms with Gasteiger partial charge in [-0.25, -0.2) is 17.8 Å². The van der Waals surface area contributed by atoms with E-state index in [1.165, 1.54) is 17.0 Å². The minimum Gasteiger partial charge on any atom is -0.383 e. The molecule has 0 aliphatic heterocycles. The number of aromatic nitrogens is 6. The molecule has 0 amide bonds. The van der Waals surface area contributed by atoms with E-state index < -0.39 is 15.7 Å². The number of nitrogens with zero attached hydrogens (tertiary/aromatic N) is 6. The van der Waals surface area contributed by atoms with Crippen LogP contribution in [0, 0.1) is 19.7 Å². The molecular formula is C26H31FN8O3S. The Morgan fingerprint density at radius 1 is 1.23 bits per heavy atom. The first-order valence-corrected chi connectivity index (χ1v) is 14.4. The van der Waals surface area contributed by atoms with Gasteiger partial charge in [0, 0.05) is 49.0 Å². The number of methoxy groups -OCH3 is 1. The van der Waals surface area contributed by atoms with Crippen molar-refractivity contribution >= 4 is 33.1 Å². The van der Waals surface area contributed by atoms with Crippen LogP contribution in [0.5, 0.6) is 0 Å². The van der Waals surface area contributed by atoms with Gasteiger partial charge in [-0.15, -0.1) is 0 Å². The highest BCUT2D eigenvalue weighted by Gasteiger charge is 2.33. The summed E-state index contributed by atoms with van der Waals surface area (Å²) in [6.07, 6.45) is 4.82. The fourth-order valence-corrected chi connectivity index (χ4v) is 5.08. The smallest absolute Gasteiger partial charge is 0.232 e. The first-order valence-electron chi connectivity index (χ1n) is 12.5. The van der Waals surface area contributed by atoms with Crippen LogP contribution in [-0.2, 0) is 21.1 Å². The van der Waals surface area contributed by atoms with E-state index in [2.05, 4.69) is 20.6 Å². The summed E-state index contributed by atoms with van der Waals surface area (Å²) >= 11 is 0. The third-order valence-corrected chi connectivity index (χ3v) is 7.86. The van der Waals surface area contributed by atoms with Gasteiger partial charge in [0.25, 0.3) is 0 Å². The fourth-order valence-electron chi connectivity index (χ4n) is 4.45. The van der Waals surface area contributed by atoms with Crippen LogP contribution in [0.4, 0.5) is 27.7 Å². The molecule has 0 saturated heterocycles. The Labute approximate surface area is 226 Å². The second-order valence-electron chi connectivity index (χ2n) is 9.77. The number of aromatic amines is 1. The van der Waals surface area contributed by atoms with E-state index in [1.54, 1.807) is 20.4 Å². The average molecular weight is 555 g/mol. The predicted molar refractivity (Wildman–Crippen MR) is 146 cm³/mol. The maximum absolute atomic E-state index is 15.2. The first kappa shape index (κ1) is 26.8. The van der Waals surface area contributed by atoms with Gasteiger partial charge in [0.05, 0.1) is 35.6 Å². The molecule has 1 fully saturated rings. The van der Waals surface area contributed by atoms with Crippen molar-refractivity contribution in [2.24, 2.45) is 0 Å². The van der Waals surface area contributed by atoms with Gasteiger partial charge in [-0.3, -0.25) is 9.78 Å². The molecule has 1 aromatic carbocycles. The van der Waals surface area contributed by atoms with E-state index in [-0.39, 0.29) is 22.4 Å².